The minimum Gasteiger partial charge on any atom is -0.410 e. The van der Waals surface area contributed by atoms with Gasteiger partial charge in [-0.1, -0.05) is 59.6 Å². The molecule has 0 radical (unpaired) electrons. The molecule has 0 bridgehead atoms. The van der Waals surface area contributed by atoms with Crippen LogP contribution in [-0.2, 0) is 12.8 Å². The molecule has 1 amide bonds. The standard InChI is InChI=1S/C22H35NO2/c1-6-8-17-10-11-20(18(13-17)9-7-2)25-21(24)23-19-12-16(3)14-22(4,5)15-19/h10-11,13,16,19H,6-9,12,14-15H2,1-5H3,(H,23,24). The van der Waals surface area contributed by atoms with Crippen molar-refractivity contribution in [2.45, 2.75) is 85.6 Å². The Morgan fingerprint density at radius 3 is 2.56 bits per heavy atom. The van der Waals surface area contributed by atoms with Crippen molar-refractivity contribution in [1.29, 1.82) is 0 Å². The summed E-state index contributed by atoms with van der Waals surface area (Å²) in [5, 5.41) is 3.10. The normalized spacial score (nSPS) is 22.4. The van der Waals surface area contributed by atoms with Crippen LogP contribution in [0.2, 0.25) is 0 Å². The summed E-state index contributed by atoms with van der Waals surface area (Å²) in [7, 11) is 0. The third-order valence-electron chi connectivity index (χ3n) is 5.09. The highest BCUT2D eigenvalue weighted by Crippen LogP contribution is 2.38. The molecule has 1 aromatic carbocycles. The molecule has 2 atom stereocenters. The molecule has 2 unspecified atom stereocenters. The first-order valence-electron chi connectivity index (χ1n) is 9.93. The molecular formula is C22H35NO2. The van der Waals surface area contributed by atoms with Gasteiger partial charge < -0.3 is 10.1 Å². The lowest BCUT2D eigenvalue weighted by atomic mass is 9.71. The van der Waals surface area contributed by atoms with Crippen molar-refractivity contribution in [3.63, 3.8) is 0 Å². The van der Waals surface area contributed by atoms with E-state index in [1.807, 2.05) is 6.07 Å². The SMILES string of the molecule is CCCc1ccc(OC(=O)NC2CC(C)CC(C)(C)C2)c(CCC)c1. The van der Waals surface area contributed by atoms with Gasteiger partial charge in [0.1, 0.15) is 5.75 Å². The van der Waals surface area contributed by atoms with Crippen LogP contribution >= 0.6 is 0 Å². The average Bonchev–Trinajstić information content (AvgIpc) is 2.48. The van der Waals surface area contributed by atoms with E-state index in [9.17, 15) is 4.79 Å². The highest BCUT2D eigenvalue weighted by atomic mass is 16.6. The van der Waals surface area contributed by atoms with Crippen LogP contribution in [0.4, 0.5) is 4.79 Å². The summed E-state index contributed by atoms with van der Waals surface area (Å²) < 4.78 is 5.69. The van der Waals surface area contributed by atoms with E-state index in [4.69, 9.17) is 4.74 Å². The number of rotatable bonds is 6. The fraction of sp³-hybridized carbons (Fsp3) is 0.682. The van der Waals surface area contributed by atoms with E-state index >= 15 is 0 Å². The van der Waals surface area contributed by atoms with Crippen molar-refractivity contribution in [3.05, 3.63) is 29.3 Å². The number of benzene rings is 1. The molecule has 3 heteroatoms. The minimum absolute atomic E-state index is 0.209. The third kappa shape index (κ3) is 6.05. The van der Waals surface area contributed by atoms with Gasteiger partial charge in [-0.3, -0.25) is 0 Å². The molecule has 0 aromatic heterocycles. The summed E-state index contributed by atoms with van der Waals surface area (Å²) >= 11 is 0. The van der Waals surface area contributed by atoms with Crippen LogP contribution in [0.1, 0.15) is 77.8 Å². The van der Waals surface area contributed by atoms with Crippen LogP contribution in [0.5, 0.6) is 5.75 Å². The first-order chi connectivity index (χ1) is 11.8. The van der Waals surface area contributed by atoms with Crippen LogP contribution in [0.15, 0.2) is 18.2 Å². The number of hydrogen-bond acceptors (Lipinski definition) is 2. The molecule has 1 aromatic rings. The Hall–Kier alpha value is -1.51. The second-order valence-electron chi connectivity index (χ2n) is 8.59. The van der Waals surface area contributed by atoms with Crippen molar-refractivity contribution in [2.75, 3.05) is 0 Å². The molecule has 0 aliphatic heterocycles. The average molecular weight is 346 g/mol. The molecule has 3 nitrogen and oxygen atoms in total. The molecule has 2 rings (SSSR count). The summed E-state index contributed by atoms with van der Waals surface area (Å²) in [6, 6.07) is 6.45. The molecule has 140 valence electrons. The highest BCUT2D eigenvalue weighted by molar-refractivity contribution is 5.71. The summed E-state index contributed by atoms with van der Waals surface area (Å²) in [5.74, 6) is 1.35. The van der Waals surface area contributed by atoms with E-state index in [2.05, 4.69) is 52.1 Å². The number of carbonyl (C=O) groups excluding carboxylic acids is 1. The molecule has 1 aliphatic rings. The van der Waals surface area contributed by atoms with Gasteiger partial charge >= 0.3 is 6.09 Å². The van der Waals surface area contributed by atoms with Gasteiger partial charge in [0.05, 0.1) is 0 Å². The summed E-state index contributed by atoms with van der Waals surface area (Å²) in [6.45, 7) is 11.2. The largest absolute Gasteiger partial charge is 0.412 e. The van der Waals surface area contributed by atoms with E-state index in [1.165, 1.54) is 12.0 Å². The Morgan fingerprint density at radius 1 is 1.20 bits per heavy atom. The zero-order chi connectivity index (χ0) is 18.4. The van der Waals surface area contributed by atoms with Crippen molar-refractivity contribution in [2.24, 2.45) is 11.3 Å². The molecule has 1 N–H and O–H groups in total. The van der Waals surface area contributed by atoms with Crippen molar-refractivity contribution in [3.8, 4) is 5.75 Å². The topological polar surface area (TPSA) is 38.3 Å². The molecular weight excluding hydrogens is 310 g/mol. The van der Waals surface area contributed by atoms with E-state index in [-0.39, 0.29) is 17.6 Å². The maximum absolute atomic E-state index is 12.4. The van der Waals surface area contributed by atoms with E-state index < -0.39 is 0 Å². The Kier molecular flexibility index (Phi) is 6.92. The van der Waals surface area contributed by atoms with Gasteiger partial charge in [-0.05, 0) is 60.6 Å². The highest BCUT2D eigenvalue weighted by Gasteiger charge is 2.33. The van der Waals surface area contributed by atoms with Gasteiger partial charge in [-0.2, -0.15) is 0 Å². The number of aryl methyl sites for hydroxylation is 2. The van der Waals surface area contributed by atoms with Gasteiger partial charge in [-0.25, -0.2) is 4.79 Å². The zero-order valence-electron chi connectivity index (χ0n) is 16.7. The first kappa shape index (κ1) is 19.8. The second-order valence-corrected chi connectivity index (χ2v) is 8.59. The third-order valence-corrected chi connectivity index (χ3v) is 5.09. The van der Waals surface area contributed by atoms with Gasteiger partial charge in [0.25, 0.3) is 0 Å². The van der Waals surface area contributed by atoms with E-state index in [0.717, 1.165) is 44.1 Å². The molecule has 0 heterocycles. The van der Waals surface area contributed by atoms with E-state index in [1.54, 1.807) is 0 Å². The Bertz CT molecular complexity index is 579. The lowest BCUT2D eigenvalue weighted by Crippen LogP contribution is -2.44. The molecule has 0 spiro atoms. The summed E-state index contributed by atoms with van der Waals surface area (Å²) in [6.07, 6.45) is 7.14. The smallest absolute Gasteiger partial charge is 0.410 e. The Labute approximate surface area is 153 Å². The van der Waals surface area contributed by atoms with Crippen LogP contribution in [0.25, 0.3) is 0 Å². The summed E-state index contributed by atoms with van der Waals surface area (Å²) in [4.78, 5) is 12.4. The number of carbonyl (C=O) groups is 1. The predicted molar refractivity (Wildman–Crippen MR) is 104 cm³/mol. The molecule has 1 aliphatic carbocycles. The van der Waals surface area contributed by atoms with E-state index in [0.29, 0.717) is 11.7 Å². The van der Waals surface area contributed by atoms with Crippen LogP contribution in [-0.4, -0.2) is 12.1 Å². The lowest BCUT2D eigenvalue weighted by Gasteiger charge is -2.39. The maximum Gasteiger partial charge on any atom is 0.412 e. The fourth-order valence-corrected chi connectivity index (χ4v) is 4.39. The monoisotopic (exact) mass is 345 g/mol. The number of hydrogen-bond donors (Lipinski definition) is 1. The van der Waals surface area contributed by atoms with Crippen molar-refractivity contribution < 1.29 is 9.53 Å². The van der Waals surface area contributed by atoms with Gasteiger partial charge in [0.15, 0.2) is 0 Å². The van der Waals surface area contributed by atoms with Crippen molar-refractivity contribution >= 4 is 6.09 Å². The van der Waals surface area contributed by atoms with Gasteiger partial charge in [-0.15, -0.1) is 0 Å². The van der Waals surface area contributed by atoms with Crippen LogP contribution in [0.3, 0.4) is 0 Å². The lowest BCUT2D eigenvalue weighted by molar-refractivity contribution is 0.142. The second kappa shape index (κ2) is 8.73. The van der Waals surface area contributed by atoms with Crippen molar-refractivity contribution in [1.82, 2.24) is 5.32 Å². The summed E-state index contributed by atoms with van der Waals surface area (Å²) in [5.41, 5.74) is 2.74. The first-order valence-corrected chi connectivity index (χ1v) is 9.93. The number of ether oxygens (including phenoxy) is 1. The number of amides is 1. The fourth-order valence-electron chi connectivity index (χ4n) is 4.39. The number of nitrogens with one attached hydrogen (secondary N) is 1. The quantitative estimate of drug-likeness (QED) is 0.697. The van der Waals surface area contributed by atoms with Crippen LogP contribution < -0.4 is 10.1 Å². The maximum atomic E-state index is 12.4. The molecule has 25 heavy (non-hydrogen) atoms. The molecule has 1 fully saturated rings. The Morgan fingerprint density at radius 2 is 1.92 bits per heavy atom. The van der Waals surface area contributed by atoms with Crippen LogP contribution in [0, 0.1) is 11.3 Å². The Balaban J connectivity index is 2.02. The predicted octanol–water partition coefficient (Wildman–Crippen LogP) is 5.89. The van der Waals surface area contributed by atoms with Gasteiger partial charge in [0, 0.05) is 6.04 Å². The zero-order valence-corrected chi connectivity index (χ0v) is 16.7. The molecule has 1 saturated carbocycles. The minimum atomic E-state index is -0.310. The molecule has 0 saturated heterocycles. The van der Waals surface area contributed by atoms with Gasteiger partial charge in [0.2, 0.25) is 0 Å².